The van der Waals surface area contributed by atoms with Gasteiger partial charge in [0.2, 0.25) is 5.82 Å². The van der Waals surface area contributed by atoms with Gasteiger partial charge in [-0.2, -0.15) is 4.39 Å². The monoisotopic (exact) mass is 246 g/mol. The van der Waals surface area contributed by atoms with E-state index < -0.39 is 28.6 Å². The number of phenols is 1. The Morgan fingerprint density at radius 1 is 1.38 bits per heavy atom. The second-order valence-corrected chi connectivity index (χ2v) is 3.39. The van der Waals surface area contributed by atoms with Crippen LogP contribution in [0.5, 0.6) is 5.75 Å². The maximum atomic E-state index is 13.4. The van der Waals surface area contributed by atoms with Gasteiger partial charge in [-0.3, -0.25) is 0 Å². The average molecular weight is 247 g/mol. The van der Waals surface area contributed by atoms with E-state index in [4.69, 9.17) is 16.7 Å². The highest BCUT2D eigenvalue weighted by molar-refractivity contribution is 6.17. The molecule has 1 aromatic heterocycles. The van der Waals surface area contributed by atoms with Crippen LogP contribution in [0.15, 0.2) is 21.3 Å². The lowest BCUT2D eigenvalue weighted by molar-refractivity contribution is 0.392. The molecule has 0 radical (unpaired) electrons. The van der Waals surface area contributed by atoms with Crippen molar-refractivity contribution in [2.45, 2.75) is 5.88 Å². The van der Waals surface area contributed by atoms with E-state index in [9.17, 15) is 13.6 Å². The van der Waals surface area contributed by atoms with Gasteiger partial charge in [0.15, 0.2) is 17.1 Å². The number of hydrogen-bond donors (Lipinski definition) is 1. The molecule has 0 aliphatic rings. The standard InChI is InChI=1S/C10H5ClF2O3/c11-3-4-1-7(14)16-10-5(4)2-6(12)9(15)8(10)13/h1-2,15H,3H2. The number of halogens is 3. The molecule has 3 nitrogen and oxygen atoms in total. The molecule has 1 N–H and O–H groups in total. The predicted molar refractivity (Wildman–Crippen MR) is 53.6 cm³/mol. The number of aromatic hydroxyl groups is 1. The van der Waals surface area contributed by atoms with E-state index in [-0.39, 0.29) is 16.8 Å². The molecule has 1 heterocycles. The molecule has 0 saturated heterocycles. The van der Waals surface area contributed by atoms with Crippen LogP contribution in [0.3, 0.4) is 0 Å². The Balaban J connectivity index is 3.00. The molecular weight excluding hydrogens is 242 g/mol. The van der Waals surface area contributed by atoms with Gasteiger partial charge in [0, 0.05) is 17.3 Å². The molecule has 0 saturated carbocycles. The third-order valence-electron chi connectivity index (χ3n) is 2.13. The van der Waals surface area contributed by atoms with Crippen molar-refractivity contribution in [3.8, 4) is 5.75 Å². The smallest absolute Gasteiger partial charge is 0.336 e. The Morgan fingerprint density at radius 2 is 2.06 bits per heavy atom. The molecule has 84 valence electrons. The number of fused-ring (bicyclic) bond motifs is 1. The van der Waals surface area contributed by atoms with Gasteiger partial charge in [-0.25, -0.2) is 9.18 Å². The molecule has 0 atom stereocenters. The number of hydrogen-bond acceptors (Lipinski definition) is 3. The molecule has 0 aliphatic carbocycles. The lowest BCUT2D eigenvalue weighted by atomic mass is 10.1. The van der Waals surface area contributed by atoms with Crippen molar-refractivity contribution < 1.29 is 18.3 Å². The fraction of sp³-hybridized carbons (Fsp3) is 0.100. The number of phenolic OH excluding ortho intramolecular Hbond substituents is 1. The maximum absolute atomic E-state index is 13.4. The van der Waals surface area contributed by atoms with Crippen LogP contribution < -0.4 is 5.63 Å². The van der Waals surface area contributed by atoms with Crippen molar-refractivity contribution in [3.05, 3.63) is 39.8 Å². The quantitative estimate of drug-likeness (QED) is 0.621. The highest BCUT2D eigenvalue weighted by Gasteiger charge is 2.17. The van der Waals surface area contributed by atoms with Gasteiger partial charge >= 0.3 is 5.63 Å². The SMILES string of the molecule is O=c1cc(CCl)c2cc(F)c(O)c(F)c2o1. The molecular formula is C10H5ClF2O3. The second-order valence-electron chi connectivity index (χ2n) is 3.12. The highest BCUT2D eigenvalue weighted by atomic mass is 35.5. The summed E-state index contributed by atoms with van der Waals surface area (Å²) >= 11 is 5.53. The third-order valence-corrected chi connectivity index (χ3v) is 2.42. The van der Waals surface area contributed by atoms with Crippen molar-refractivity contribution >= 4 is 22.6 Å². The van der Waals surface area contributed by atoms with E-state index in [2.05, 4.69) is 4.42 Å². The van der Waals surface area contributed by atoms with Gasteiger partial charge in [0.05, 0.1) is 0 Å². The van der Waals surface area contributed by atoms with Gasteiger partial charge in [0.25, 0.3) is 0 Å². The van der Waals surface area contributed by atoms with Crippen LogP contribution in [0.25, 0.3) is 11.0 Å². The summed E-state index contributed by atoms with van der Waals surface area (Å²) < 4.78 is 31.0. The summed E-state index contributed by atoms with van der Waals surface area (Å²) in [6.45, 7) is 0. The molecule has 0 amide bonds. The van der Waals surface area contributed by atoms with Crippen LogP contribution in [-0.2, 0) is 5.88 Å². The zero-order valence-corrected chi connectivity index (χ0v) is 8.52. The van der Waals surface area contributed by atoms with E-state index in [1.165, 1.54) is 0 Å². The summed E-state index contributed by atoms with van der Waals surface area (Å²) in [7, 11) is 0. The number of alkyl halides is 1. The highest BCUT2D eigenvalue weighted by Crippen LogP contribution is 2.29. The van der Waals surface area contributed by atoms with Gasteiger partial charge in [-0.05, 0) is 11.6 Å². The molecule has 2 rings (SSSR count). The van der Waals surface area contributed by atoms with Crippen molar-refractivity contribution in [1.29, 1.82) is 0 Å². The largest absolute Gasteiger partial charge is 0.503 e. The number of rotatable bonds is 1. The Labute approximate surface area is 92.9 Å². The zero-order valence-electron chi connectivity index (χ0n) is 7.76. The Kier molecular flexibility index (Phi) is 2.55. The second kappa shape index (κ2) is 3.75. The van der Waals surface area contributed by atoms with Gasteiger partial charge in [-0.15, -0.1) is 11.6 Å². The number of benzene rings is 1. The fourth-order valence-corrected chi connectivity index (χ4v) is 1.61. The minimum absolute atomic E-state index is 0.0300. The summed E-state index contributed by atoms with van der Waals surface area (Å²) in [5.41, 5.74) is -1.07. The van der Waals surface area contributed by atoms with E-state index in [0.717, 1.165) is 12.1 Å². The van der Waals surface area contributed by atoms with Crippen LogP contribution in [0.2, 0.25) is 0 Å². The molecule has 16 heavy (non-hydrogen) atoms. The molecule has 1 aromatic carbocycles. The predicted octanol–water partition coefficient (Wildman–Crippen LogP) is 2.52. The van der Waals surface area contributed by atoms with Crippen molar-refractivity contribution in [2.75, 3.05) is 0 Å². The van der Waals surface area contributed by atoms with Crippen LogP contribution >= 0.6 is 11.6 Å². The zero-order chi connectivity index (χ0) is 11.9. The molecule has 0 spiro atoms. The van der Waals surface area contributed by atoms with Crippen LogP contribution in [0.1, 0.15) is 5.56 Å². The van der Waals surface area contributed by atoms with Gasteiger partial charge < -0.3 is 9.52 Å². The first kappa shape index (κ1) is 10.9. The average Bonchev–Trinajstić information content (AvgIpc) is 2.26. The normalized spacial score (nSPS) is 10.9. The fourth-order valence-electron chi connectivity index (χ4n) is 1.39. The summed E-state index contributed by atoms with van der Waals surface area (Å²) in [6, 6.07) is 1.92. The summed E-state index contributed by atoms with van der Waals surface area (Å²) in [4.78, 5) is 11.0. The van der Waals surface area contributed by atoms with Gasteiger partial charge in [0.1, 0.15) is 0 Å². The first-order valence-electron chi connectivity index (χ1n) is 4.24. The van der Waals surface area contributed by atoms with E-state index >= 15 is 0 Å². The van der Waals surface area contributed by atoms with Gasteiger partial charge in [-0.1, -0.05) is 0 Å². The molecule has 2 aromatic rings. The minimum atomic E-state index is -1.31. The van der Waals surface area contributed by atoms with E-state index in [1.54, 1.807) is 0 Å². The summed E-state index contributed by atoms with van der Waals surface area (Å²) in [6.07, 6.45) is 0. The van der Waals surface area contributed by atoms with E-state index in [0.29, 0.717) is 0 Å². The Bertz CT molecular complexity index is 621. The van der Waals surface area contributed by atoms with Crippen molar-refractivity contribution in [3.63, 3.8) is 0 Å². The van der Waals surface area contributed by atoms with Crippen molar-refractivity contribution in [1.82, 2.24) is 0 Å². The molecule has 6 heteroatoms. The molecule has 0 fully saturated rings. The first-order valence-corrected chi connectivity index (χ1v) is 4.77. The molecule has 0 bridgehead atoms. The van der Waals surface area contributed by atoms with Crippen LogP contribution in [0.4, 0.5) is 8.78 Å². The minimum Gasteiger partial charge on any atom is -0.503 e. The lowest BCUT2D eigenvalue weighted by Crippen LogP contribution is -2.01. The topological polar surface area (TPSA) is 50.4 Å². The van der Waals surface area contributed by atoms with Crippen LogP contribution in [-0.4, -0.2) is 5.11 Å². The maximum Gasteiger partial charge on any atom is 0.336 e. The summed E-state index contributed by atoms with van der Waals surface area (Å²) in [5, 5.41) is 9.04. The molecule has 0 unspecified atom stereocenters. The van der Waals surface area contributed by atoms with E-state index in [1.807, 2.05) is 0 Å². The van der Waals surface area contributed by atoms with Crippen molar-refractivity contribution in [2.24, 2.45) is 0 Å². The molecule has 0 aliphatic heterocycles. The Morgan fingerprint density at radius 3 is 2.69 bits per heavy atom. The first-order chi connectivity index (χ1) is 7.54. The Hall–Kier alpha value is -1.62. The lowest BCUT2D eigenvalue weighted by Gasteiger charge is -2.04. The summed E-state index contributed by atoms with van der Waals surface area (Å²) in [5.74, 6) is -3.71. The van der Waals surface area contributed by atoms with Crippen LogP contribution in [0, 0.1) is 11.6 Å². The third kappa shape index (κ3) is 1.53.